The zero-order chi connectivity index (χ0) is 16.1. The number of piperazine rings is 1. The number of rotatable bonds is 3. The fourth-order valence-electron chi connectivity index (χ4n) is 2.47. The van der Waals surface area contributed by atoms with Gasteiger partial charge in [-0.1, -0.05) is 6.07 Å². The molecule has 7 nitrogen and oxygen atoms in total. The minimum atomic E-state index is -0.105. The van der Waals surface area contributed by atoms with Gasteiger partial charge in [0, 0.05) is 50.3 Å². The number of benzene rings is 1. The molecule has 0 aliphatic carbocycles. The van der Waals surface area contributed by atoms with Gasteiger partial charge in [-0.25, -0.2) is 14.8 Å². The van der Waals surface area contributed by atoms with Crippen molar-refractivity contribution in [2.75, 3.05) is 43.5 Å². The molecule has 0 atom stereocenters. The molecule has 1 fully saturated rings. The summed E-state index contributed by atoms with van der Waals surface area (Å²) in [5.74, 6) is 1.43. The molecule has 1 N–H and O–H groups in total. The summed E-state index contributed by atoms with van der Waals surface area (Å²) in [5, 5.41) is 2.90. The molecule has 120 valence electrons. The molecule has 0 unspecified atom stereocenters. The standard InChI is InChI=1S/C16H19N5O2/c1-23-14-5-2-4-13(12-14)19-16(22)21-10-8-20(9-11-21)15-17-6-3-7-18-15/h2-7,12H,8-11H2,1H3,(H,19,22). The highest BCUT2D eigenvalue weighted by atomic mass is 16.5. The van der Waals surface area contributed by atoms with Crippen molar-refractivity contribution in [2.24, 2.45) is 0 Å². The van der Waals surface area contributed by atoms with Crippen LogP contribution >= 0.6 is 0 Å². The molecule has 2 aromatic rings. The molecule has 7 heteroatoms. The van der Waals surface area contributed by atoms with Gasteiger partial charge in [-0.3, -0.25) is 0 Å². The van der Waals surface area contributed by atoms with E-state index in [0.29, 0.717) is 24.8 Å². The molecule has 0 bridgehead atoms. The molecule has 2 amide bonds. The number of anilines is 2. The number of nitrogens with zero attached hydrogens (tertiary/aromatic N) is 4. The Bertz CT molecular complexity index is 657. The Kier molecular flexibility index (Phi) is 4.56. The van der Waals surface area contributed by atoms with Gasteiger partial charge in [-0.05, 0) is 18.2 Å². The van der Waals surface area contributed by atoms with Crippen LogP contribution in [0.4, 0.5) is 16.4 Å². The molecule has 1 saturated heterocycles. The fraction of sp³-hybridized carbons (Fsp3) is 0.312. The molecule has 1 aromatic heterocycles. The molecule has 0 spiro atoms. The number of methoxy groups -OCH3 is 1. The number of ether oxygens (including phenoxy) is 1. The molecule has 23 heavy (non-hydrogen) atoms. The van der Waals surface area contributed by atoms with Crippen LogP contribution in [0, 0.1) is 0 Å². The Morgan fingerprint density at radius 1 is 1.13 bits per heavy atom. The number of hydrogen-bond donors (Lipinski definition) is 1. The number of urea groups is 1. The summed E-state index contributed by atoms with van der Waals surface area (Å²) < 4.78 is 5.16. The van der Waals surface area contributed by atoms with Gasteiger partial charge in [0.05, 0.1) is 7.11 Å². The number of amides is 2. The predicted molar refractivity (Wildman–Crippen MR) is 87.8 cm³/mol. The minimum absolute atomic E-state index is 0.105. The number of nitrogens with one attached hydrogen (secondary N) is 1. The van der Waals surface area contributed by atoms with Crippen LogP contribution in [0.25, 0.3) is 0 Å². The lowest BCUT2D eigenvalue weighted by Crippen LogP contribution is -2.50. The smallest absolute Gasteiger partial charge is 0.321 e. The van der Waals surface area contributed by atoms with E-state index in [1.165, 1.54) is 0 Å². The fourth-order valence-corrected chi connectivity index (χ4v) is 2.47. The molecule has 2 heterocycles. The van der Waals surface area contributed by atoms with Gasteiger partial charge in [-0.15, -0.1) is 0 Å². The van der Waals surface area contributed by atoms with E-state index in [0.717, 1.165) is 18.8 Å². The maximum absolute atomic E-state index is 12.3. The second-order valence-corrected chi connectivity index (χ2v) is 5.18. The van der Waals surface area contributed by atoms with Crippen LogP contribution in [0.5, 0.6) is 5.75 Å². The lowest BCUT2D eigenvalue weighted by atomic mass is 10.3. The van der Waals surface area contributed by atoms with E-state index in [1.54, 1.807) is 36.5 Å². The second-order valence-electron chi connectivity index (χ2n) is 5.18. The first-order valence-electron chi connectivity index (χ1n) is 7.48. The maximum atomic E-state index is 12.3. The van der Waals surface area contributed by atoms with E-state index >= 15 is 0 Å². The lowest BCUT2D eigenvalue weighted by Gasteiger charge is -2.34. The van der Waals surface area contributed by atoms with Crippen molar-refractivity contribution in [1.82, 2.24) is 14.9 Å². The van der Waals surface area contributed by atoms with Crippen LogP contribution < -0.4 is 15.0 Å². The van der Waals surface area contributed by atoms with Crippen LogP contribution in [0.2, 0.25) is 0 Å². The van der Waals surface area contributed by atoms with Crippen LogP contribution in [-0.2, 0) is 0 Å². The number of carbonyl (C=O) groups excluding carboxylic acids is 1. The molecule has 1 aromatic carbocycles. The Morgan fingerprint density at radius 2 is 1.87 bits per heavy atom. The van der Waals surface area contributed by atoms with E-state index < -0.39 is 0 Å². The Labute approximate surface area is 134 Å². The second kappa shape index (κ2) is 6.95. The first-order valence-corrected chi connectivity index (χ1v) is 7.48. The molecule has 0 radical (unpaired) electrons. The highest BCUT2D eigenvalue weighted by Gasteiger charge is 2.22. The van der Waals surface area contributed by atoms with E-state index in [4.69, 9.17) is 4.74 Å². The molecule has 1 aliphatic heterocycles. The van der Waals surface area contributed by atoms with Crippen molar-refractivity contribution < 1.29 is 9.53 Å². The van der Waals surface area contributed by atoms with E-state index in [2.05, 4.69) is 20.2 Å². The van der Waals surface area contributed by atoms with Gasteiger partial charge < -0.3 is 19.9 Å². The number of aromatic nitrogens is 2. The average molecular weight is 313 g/mol. The lowest BCUT2D eigenvalue weighted by molar-refractivity contribution is 0.208. The van der Waals surface area contributed by atoms with Gasteiger partial charge in [0.1, 0.15) is 5.75 Å². The molecular formula is C16H19N5O2. The van der Waals surface area contributed by atoms with Gasteiger partial charge in [0.15, 0.2) is 0 Å². The summed E-state index contributed by atoms with van der Waals surface area (Å²) in [4.78, 5) is 24.7. The average Bonchev–Trinajstić information content (AvgIpc) is 2.63. The quantitative estimate of drug-likeness (QED) is 0.936. The molecule has 0 saturated carbocycles. The third-order valence-corrected chi connectivity index (χ3v) is 3.72. The molecule has 1 aliphatic rings. The van der Waals surface area contributed by atoms with Crippen LogP contribution in [-0.4, -0.2) is 54.2 Å². The Morgan fingerprint density at radius 3 is 2.57 bits per heavy atom. The summed E-state index contributed by atoms with van der Waals surface area (Å²) in [7, 11) is 1.60. The van der Waals surface area contributed by atoms with Crippen molar-refractivity contribution in [3.05, 3.63) is 42.7 Å². The molecular weight excluding hydrogens is 294 g/mol. The Balaban J connectivity index is 1.56. The predicted octanol–water partition coefficient (Wildman–Crippen LogP) is 1.84. The molecule has 3 rings (SSSR count). The van der Waals surface area contributed by atoms with Gasteiger partial charge in [0.2, 0.25) is 5.95 Å². The van der Waals surface area contributed by atoms with E-state index in [1.807, 2.05) is 18.2 Å². The van der Waals surface area contributed by atoms with Crippen molar-refractivity contribution in [3.8, 4) is 5.75 Å². The first-order chi connectivity index (χ1) is 11.3. The zero-order valence-electron chi connectivity index (χ0n) is 13.0. The number of carbonyl (C=O) groups is 1. The summed E-state index contributed by atoms with van der Waals surface area (Å²) in [6.07, 6.45) is 3.45. The highest BCUT2D eigenvalue weighted by molar-refractivity contribution is 5.89. The van der Waals surface area contributed by atoms with Crippen molar-refractivity contribution in [3.63, 3.8) is 0 Å². The van der Waals surface area contributed by atoms with Crippen molar-refractivity contribution in [1.29, 1.82) is 0 Å². The maximum Gasteiger partial charge on any atom is 0.321 e. The van der Waals surface area contributed by atoms with Crippen LogP contribution in [0.1, 0.15) is 0 Å². The SMILES string of the molecule is COc1cccc(NC(=O)N2CCN(c3ncccn3)CC2)c1. The van der Waals surface area contributed by atoms with Crippen molar-refractivity contribution in [2.45, 2.75) is 0 Å². The topological polar surface area (TPSA) is 70.6 Å². The minimum Gasteiger partial charge on any atom is -0.497 e. The summed E-state index contributed by atoms with van der Waals surface area (Å²) in [5.41, 5.74) is 0.725. The van der Waals surface area contributed by atoms with Gasteiger partial charge in [0.25, 0.3) is 0 Å². The summed E-state index contributed by atoms with van der Waals surface area (Å²) in [6.45, 7) is 2.70. The third kappa shape index (κ3) is 3.68. The van der Waals surface area contributed by atoms with Crippen LogP contribution in [0.15, 0.2) is 42.7 Å². The third-order valence-electron chi connectivity index (χ3n) is 3.72. The van der Waals surface area contributed by atoms with E-state index in [-0.39, 0.29) is 6.03 Å². The largest absolute Gasteiger partial charge is 0.497 e. The van der Waals surface area contributed by atoms with E-state index in [9.17, 15) is 4.79 Å². The van der Waals surface area contributed by atoms with Gasteiger partial charge in [-0.2, -0.15) is 0 Å². The summed E-state index contributed by atoms with van der Waals surface area (Å²) in [6, 6.07) is 9.02. The van der Waals surface area contributed by atoms with Gasteiger partial charge >= 0.3 is 6.03 Å². The normalized spacial score (nSPS) is 14.5. The Hall–Kier alpha value is -2.83. The number of hydrogen-bond acceptors (Lipinski definition) is 5. The highest BCUT2D eigenvalue weighted by Crippen LogP contribution is 2.17. The van der Waals surface area contributed by atoms with Crippen molar-refractivity contribution >= 4 is 17.7 Å². The monoisotopic (exact) mass is 313 g/mol. The zero-order valence-corrected chi connectivity index (χ0v) is 13.0. The first kappa shape index (κ1) is 15.1. The summed E-state index contributed by atoms with van der Waals surface area (Å²) >= 11 is 0. The van der Waals surface area contributed by atoms with Crippen LogP contribution in [0.3, 0.4) is 0 Å².